The first kappa shape index (κ1) is 13.2. The summed E-state index contributed by atoms with van der Waals surface area (Å²) in [5, 5.41) is 12.8. The predicted molar refractivity (Wildman–Crippen MR) is 69.0 cm³/mol. The summed E-state index contributed by atoms with van der Waals surface area (Å²) in [7, 11) is 3.94. The van der Waals surface area contributed by atoms with E-state index in [0.717, 1.165) is 6.54 Å². The lowest BCUT2D eigenvalue weighted by Gasteiger charge is -2.05. The fraction of sp³-hybridized carbons (Fsp3) is 0.308. The molecule has 0 aliphatic heterocycles. The van der Waals surface area contributed by atoms with Crippen LogP contribution in [0.1, 0.15) is 16.2 Å². The second-order valence-corrected chi connectivity index (χ2v) is 4.45. The molecule has 0 amide bonds. The standard InChI is InChI=1S/C13H15N3O3/c1-16(2)7-6-11-14-12(19-15-11)9-4-3-5-10(8-9)13(17)18/h3-5,8H,6-7H2,1-2H3,(H,17,18). The maximum Gasteiger partial charge on any atom is 0.335 e. The highest BCUT2D eigenvalue weighted by Crippen LogP contribution is 2.18. The van der Waals surface area contributed by atoms with Gasteiger partial charge in [-0.3, -0.25) is 0 Å². The summed E-state index contributed by atoms with van der Waals surface area (Å²) in [6, 6.07) is 6.44. The Hall–Kier alpha value is -2.21. The van der Waals surface area contributed by atoms with Crippen molar-refractivity contribution < 1.29 is 14.4 Å². The first-order chi connectivity index (χ1) is 9.06. The molecule has 0 fully saturated rings. The van der Waals surface area contributed by atoms with Crippen molar-refractivity contribution in [3.05, 3.63) is 35.7 Å². The van der Waals surface area contributed by atoms with Crippen molar-refractivity contribution in [2.45, 2.75) is 6.42 Å². The third-order valence-corrected chi connectivity index (χ3v) is 2.61. The Morgan fingerprint density at radius 2 is 2.21 bits per heavy atom. The number of likely N-dealkylation sites (N-methyl/N-ethyl adjacent to an activating group) is 1. The summed E-state index contributed by atoms with van der Waals surface area (Å²) in [5.74, 6) is -0.0181. The minimum absolute atomic E-state index is 0.200. The molecule has 1 heterocycles. The summed E-state index contributed by atoms with van der Waals surface area (Å²) in [4.78, 5) is 17.2. The number of hydrogen-bond donors (Lipinski definition) is 1. The molecule has 19 heavy (non-hydrogen) atoms. The minimum atomic E-state index is -0.978. The molecule has 0 aliphatic carbocycles. The predicted octanol–water partition coefficient (Wildman–Crippen LogP) is 1.54. The Morgan fingerprint density at radius 3 is 2.89 bits per heavy atom. The van der Waals surface area contributed by atoms with Crippen LogP contribution in [0.15, 0.2) is 28.8 Å². The van der Waals surface area contributed by atoms with Crippen molar-refractivity contribution >= 4 is 5.97 Å². The van der Waals surface area contributed by atoms with E-state index in [9.17, 15) is 4.79 Å². The SMILES string of the molecule is CN(C)CCc1noc(-c2cccc(C(=O)O)c2)n1. The van der Waals surface area contributed by atoms with Crippen LogP contribution in [-0.2, 0) is 6.42 Å². The summed E-state index contributed by atoms with van der Waals surface area (Å²) in [6.07, 6.45) is 0.690. The molecule has 0 saturated carbocycles. The normalized spacial score (nSPS) is 10.9. The molecule has 1 aromatic carbocycles. The van der Waals surface area contributed by atoms with E-state index >= 15 is 0 Å². The van der Waals surface area contributed by atoms with Gasteiger partial charge in [0.05, 0.1) is 5.56 Å². The van der Waals surface area contributed by atoms with Crippen LogP contribution in [0, 0.1) is 0 Å². The van der Waals surface area contributed by atoms with Crippen LogP contribution >= 0.6 is 0 Å². The molecule has 0 spiro atoms. The highest BCUT2D eigenvalue weighted by molar-refractivity contribution is 5.88. The van der Waals surface area contributed by atoms with Crippen LogP contribution in [0.2, 0.25) is 0 Å². The Bertz CT molecular complexity index is 578. The quantitative estimate of drug-likeness (QED) is 0.879. The lowest BCUT2D eigenvalue weighted by Crippen LogP contribution is -2.15. The first-order valence-corrected chi connectivity index (χ1v) is 5.87. The van der Waals surface area contributed by atoms with E-state index < -0.39 is 5.97 Å². The highest BCUT2D eigenvalue weighted by Gasteiger charge is 2.11. The van der Waals surface area contributed by atoms with Crippen LogP contribution in [0.25, 0.3) is 11.5 Å². The molecule has 1 N–H and O–H groups in total. The third-order valence-electron chi connectivity index (χ3n) is 2.61. The van der Waals surface area contributed by atoms with Gasteiger partial charge < -0.3 is 14.5 Å². The Balaban J connectivity index is 2.18. The average Bonchev–Trinajstić information content (AvgIpc) is 2.85. The van der Waals surface area contributed by atoms with Crippen LogP contribution in [0.5, 0.6) is 0 Å². The average molecular weight is 261 g/mol. The van der Waals surface area contributed by atoms with Crippen molar-refractivity contribution in [2.24, 2.45) is 0 Å². The number of nitrogens with zero attached hydrogens (tertiary/aromatic N) is 3. The van der Waals surface area contributed by atoms with E-state index in [-0.39, 0.29) is 5.56 Å². The Kier molecular flexibility index (Phi) is 3.91. The van der Waals surface area contributed by atoms with Gasteiger partial charge in [0, 0.05) is 18.5 Å². The number of hydrogen-bond acceptors (Lipinski definition) is 5. The van der Waals surface area contributed by atoms with Crippen molar-refractivity contribution in [3.8, 4) is 11.5 Å². The second-order valence-electron chi connectivity index (χ2n) is 4.45. The zero-order valence-corrected chi connectivity index (χ0v) is 10.8. The van der Waals surface area contributed by atoms with Crippen LogP contribution < -0.4 is 0 Å². The number of carboxylic acid groups (broad SMARTS) is 1. The molecule has 6 heteroatoms. The van der Waals surface area contributed by atoms with Gasteiger partial charge in [-0.15, -0.1) is 0 Å². The molecule has 100 valence electrons. The molecule has 0 unspecified atom stereocenters. The lowest BCUT2D eigenvalue weighted by atomic mass is 10.1. The number of carbonyl (C=O) groups is 1. The number of aromatic nitrogens is 2. The van der Waals surface area contributed by atoms with Crippen LogP contribution in [0.4, 0.5) is 0 Å². The maximum absolute atomic E-state index is 10.9. The summed E-state index contributed by atoms with van der Waals surface area (Å²) < 4.78 is 5.15. The number of benzene rings is 1. The van der Waals surface area contributed by atoms with E-state index in [1.165, 1.54) is 12.1 Å². The monoisotopic (exact) mass is 261 g/mol. The lowest BCUT2D eigenvalue weighted by molar-refractivity contribution is 0.0697. The van der Waals surface area contributed by atoms with Gasteiger partial charge in [0.25, 0.3) is 5.89 Å². The summed E-state index contributed by atoms with van der Waals surface area (Å²) >= 11 is 0. The topological polar surface area (TPSA) is 79.5 Å². The summed E-state index contributed by atoms with van der Waals surface area (Å²) in [5.41, 5.74) is 0.814. The van der Waals surface area contributed by atoms with Gasteiger partial charge in [-0.05, 0) is 32.3 Å². The molecule has 2 aromatic rings. The smallest absolute Gasteiger partial charge is 0.335 e. The molecule has 0 radical (unpaired) electrons. The van der Waals surface area contributed by atoms with Crippen LogP contribution in [-0.4, -0.2) is 46.8 Å². The minimum Gasteiger partial charge on any atom is -0.478 e. The molecule has 6 nitrogen and oxygen atoms in total. The van der Waals surface area contributed by atoms with Gasteiger partial charge in [-0.1, -0.05) is 11.2 Å². The molecule has 0 atom stereocenters. The highest BCUT2D eigenvalue weighted by atomic mass is 16.5. The van der Waals surface area contributed by atoms with E-state index in [4.69, 9.17) is 9.63 Å². The number of rotatable bonds is 5. The van der Waals surface area contributed by atoms with Crippen molar-refractivity contribution in [1.82, 2.24) is 15.0 Å². The molecular weight excluding hydrogens is 246 g/mol. The maximum atomic E-state index is 10.9. The first-order valence-electron chi connectivity index (χ1n) is 5.87. The zero-order chi connectivity index (χ0) is 13.8. The van der Waals surface area contributed by atoms with Gasteiger partial charge in [-0.2, -0.15) is 4.98 Å². The molecule has 1 aromatic heterocycles. The third kappa shape index (κ3) is 3.38. The Labute approximate surface area is 110 Å². The van der Waals surface area contributed by atoms with Gasteiger partial charge in [0.1, 0.15) is 0 Å². The number of aromatic carboxylic acids is 1. The molecule has 2 rings (SSSR count). The number of carboxylic acids is 1. The van der Waals surface area contributed by atoms with Crippen molar-refractivity contribution in [3.63, 3.8) is 0 Å². The summed E-state index contributed by atoms with van der Waals surface area (Å²) in [6.45, 7) is 0.828. The zero-order valence-electron chi connectivity index (χ0n) is 10.8. The van der Waals surface area contributed by atoms with E-state index in [2.05, 4.69) is 10.1 Å². The van der Waals surface area contributed by atoms with E-state index in [1.807, 2.05) is 19.0 Å². The van der Waals surface area contributed by atoms with Crippen molar-refractivity contribution in [2.75, 3.05) is 20.6 Å². The van der Waals surface area contributed by atoms with Gasteiger partial charge in [0.2, 0.25) is 0 Å². The van der Waals surface area contributed by atoms with Crippen LogP contribution in [0.3, 0.4) is 0 Å². The largest absolute Gasteiger partial charge is 0.478 e. The van der Waals surface area contributed by atoms with Gasteiger partial charge in [0.15, 0.2) is 5.82 Å². The fourth-order valence-corrected chi connectivity index (χ4v) is 1.58. The molecule has 0 bridgehead atoms. The van der Waals surface area contributed by atoms with Gasteiger partial charge >= 0.3 is 5.97 Å². The van der Waals surface area contributed by atoms with E-state index in [1.54, 1.807) is 12.1 Å². The second kappa shape index (κ2) is 5.62. The van der Waals surface area contributed by atoms with Gasteiger partial charge in [-0.25, -0.2) is 4.79 Å². The molecule has 0 aliphatic rings. The van der Waals surface area contributed by atoms with Crippen molar-refractivity contribution in [1.29, 1.82) is 0 Å². The molecular formula is C13H15N3O3. The van der Waals surface area contributed by atoms with E-state index in [0.29, 0.717) is 23.7 Å². The fourth-order valence-electron chi connectivity index (χ4n) is 1.58. The molecule has 0 saturated heterocycles. The Morgan fingerprint density at radius 1 is 1.42 bits per heavy atom.